The number of likely N-dealkylation sites (N-methyl/N-ethyl adjacent to an activating group) is 1. The summed E-state index contributed by atoms with van der Waals surface area (Å²) < 4.78 is 5.51. The topological polar surface area (TPSA) is 32.8 Å². The Bertz CT molecular complexity index is 185. The molecule has 0 atom stereocenters. The SMILES string of the molecule is CN(C)CCOCCN1CCC(=O)CC1. The predicted octanol–water partition coefficient (Wildman–Crippen LogP) is 0.230. The van der Waals surface area contributed by atoms with Crippen LogP contribution in [-0.4, -0.2) is 69.1 Å². The maximum Gasteiger partial charge on any atom is 0.135 e. The molecule has 1 aliphatic rings. The lowest BCUT2D eigenvalue weighted by atomic mass is 10.1. The molecule has 1 heterocycles. The van der Waals surface area contributed by atoms with Crippen LogP contribution in [0.4, 0.5) is 0 Å². The minimum Gasteiger partial charge on any atom is -0.379 e. The Morgan fingerprint density at radius 1 is 1.27 bits per heavy atom. The van der Waals surface area contributed by atoms with Gasteiger partial charge in [0, 0.05) is 39.0 Å². The van der Waals surface area contributed by atoms with Gasteiger partial charge in [0.1, 0.15) is 5.78 Å². The average Bonchev–Trinajstić information content (AvgIpc) is 2.20. The molecule has 0 saturated carbocycles. The second-order valence-corrected chi connectivity index (χ2v) is 4.30. The number of Topliss-reactive ketones (excluding diaryl/α,β-unsaturated/α-hetero) is 1. The number of piperidine rings is 1. The molecule has 0 bridgehead atoms. The van der Waals surface area contributed by atoms with Crippen molar-refractivity contribution in [1.82, 2.24) is 9.80 Å². The highest BCUT2D eigenvalue weighted by Crippen LogP contribution is 2.04. The minimum atomic E-state index is 0.403. The van der Waals surface area contributed by atoms with E-state index in [1.807, 2.05) is 14.1 Å². The van der Waals surface area contributed by atoms with Gasteiger partial charge in [-0.2, -0.15) is 0 Å². The summed E-state index contributed by atoms with van der Waals surface area (Å²) in [4.78, 5) is 15.4. The van der Waals surface area contributed by atoms with Gasteiger partial charge in [0.25, 0.3) is 0 Å². The van der Waals surface area contributed by atoms with Crippen LogP contribution in [0.2, 0.25) is 0 Å². The molecule has 0 N–H and O–H groups in total. The highest BCUT2D eigenvalue weighted by molar-refractivity contribution is 5.79. The summed E-state index contributed by atoms with van der Waals surface area (Å²) in [6.45, 7) is 5.33. The normalized spacial score (nSPS) is 18.7. The van der Waals surface area contributed by atoms with Crippen molar-refractivity contribution >= 4 is 5.78 Å². The Morgan fingerprint density at radius 2 is 1.93 bits per heavy atom. The van der Waals surface area contributed by atoms with Gasteiger partial charge in [-0.25, -0.2) is 0 Å². The summed E-state index contributed by atoms with van der Waals surface area (Å²) in [6.07, 6.45) is 1.44. The van der Waals surface area contributed by atoms with Gasteiger partial charge < -0.3 is 14.5 Å². The van der Waals surface area contributed by atoms with Gasteiger partial charge in [0.15, 0.2) is 0 Å². The molecule has 1 saturated heterocycles. The van der Waals surface area contributed by atoms with E-state index >= 15 is 0 Å². The molecule has 4 nitrogen and oxygen atoms in total. The lowest BCUT2D eigenvalue weighted by Crippen LogP contribution is -2.36. The molecule has 4 heteroatoms. The minimum absolute atomic E-state index is 0.403. The van der Waals surface area contributed by atoms with E-state index in [4.69, 9.17) is 4.74 Å². The Hall–Kier alpha value is -0.450. The van der Waals surface area contributed by atoms with E-state index in [1.165, 1.54) is 0 Å². The number of ketones is 1. The van der Waals surface area contributed by atoms with Gasteiger partial charge >= 0.3 is 0 Å². The van der Waals surface area contributed by atoms with E-state index in [0.717, 1.165) is 52.2 Å². The summed E-state index contributed by atoms with van der Waals surface area (Å²) in [7, 11) is 4.08. The van der Waals surface area contributed by atoms with Crippen molar-refractivity contribution in [2.75, 3.05) is 53.5 Å². The molecule has 0 aromatic heterocycles. The number of hydrogen-bond donors (Lipinski definition) is 0. The monoisotopic (exact) mass is 214 g/mol. The molecule has 0 aliphatic carbocycles. The molecule has 0 spiro atoms. The fourth-order valence-electron chi connectivity index (χ4n) is 1.57. The third-order valence-electron chi connectivity index (χ3n) is 2.65. The molecular weight excluding hydrogens is 192 g/mol. The largest absolute Gasteiger partial charge is 0.379 e. The van der Waals surface area contributed by atoms with Crippen LogP contribution >= 0.6 is 0 Å². The van der Waals surface area contributed by atoms with E-state index in [0.29, 0.717) is 5.78 Å². The molecule has 88 valence electrons. The van der Waals surface area contributed by atoms with Crippen molar-refractivity contribution in [2.45, 2.75) is 12.8 Å². The number of carbonyl (C=O) groups excluding carboxylic acids is 1. The lowest BCUT2D eigenvalue weighted by molar-refractivity contribution is -0.121. The zero-order valence-corrected chi connectivity index (χ0v) is 9.87. The van der Waals surface area contributed by atoms with E-state index in [-0.39, 0.29) is 0 Å². The predicted molar refractivity (Wildman–Crippen MR) is 60.1 cm³/mol. The third-order valence-corrected chi connectivity index (χ3v) is 2.65. The second kappa shape index (κ2) is 6.93. The Balaban J connectivity index is 1.94. The van der Waals surface area contributed by atoms with Crippen molar-refractivity contribution in [3.8, 4) is 0 Å². The lowest BCUT2D eigenvalue weighted by Gasteiger charge is -2.25. The molecule has 0 amide bonds. The van der Waals surface area contributed by atoms with Crippen molar-refractivity contribution < 1.29 is 9.53 Å². The molecular formula is C11H22N2O2. The third kappa shape index (κ3) is 5.87. The van der Waals surface area contributed by atoms with E-state index in [9.17, 15) is 4.79 Å². The van der Waals surface area contributed by atoms with Crippen LogP contribution in [0.25, 0.3) is 0 Å². The smallest absolute Gasteiger partial charge is 0.135 e. The molecule has 0 radical (unpaired) electrons. The van der Waals surface area contributed by atoms with Crippen LogP contribution in [0.15, 0.2) is 0 Å². The standard InChI is InChI=1S/C11H22N2O2/c1-12(2)7-9-15-10-8-13-5-3-11(14)4-6-13/h3-10H2,1-2H3. The van der Waals surface area contributed by atoms with Gasteiger partial charge in [-0.3, -0.25) is 4.79 Å². The van der Waals surface area contributed by atoms with Crippen LogP contribution in [0.1, 0.15) is 12.8 Å². The summed E-state index contributed by atoms with van der Waals surface area (Å²) in [5.41, 5.74) is 0. The quantitative estimate of drug-likeness (QED) is 0.593. The number of nitrogens with zero attached hydrogens (tertiary/aromatic N) is 2. The first-order valence-electron chi connectivity index (χ1n) is 5.65. The van der Waals surface area contributed by atoms with Gasteiger partial charge in [0.2, 0.25) is 0 Å². The molecule has 1 rings (SSSR count). The Morgan fingerprint density at radius 3 is 2.53 bits per heavy atom. The van der Waals surface area contributed by atoms with Crippen LogP contribution < -0.4 is 0 Å². The van der Waals surface area contributed by atoms with Crippen LogP contribution in [0.3, 0.4) is 0 Å². The van der Waals surface area contributed by atoms with Crippen molar-refractivity contribution in [3.63, 3.8) is 0 Å². The van der Waals surface area contributed by atoms with Crippen molar-refractivity contribution in [1.29, 1.82) is 0 Å². The summed E-state index contributed by atoms with van der Waals surface area (Å²) >= 11 is 0. The maximum atomic E-state index is 11.0. The van der Waals surface area contributed by atoms with E-state index in [1.54, 1.807) is 0 Å². The Kier molecular flexibility index (Phi) is 5.83. The zero-order chi connectivity index (χ0) is 11.1. The van der Waals surface area contributed by atoms with Crippen LogP contribution in [0.5, 0.6) is 0 Å². The van der Waals surface area contributed by atoms with Crippen molar-refractivity contribution in [2.24, 2.45) is 0 Å². The summed E-state index contributed by atoms with van der Waals surface area (Å²) in [5.74, 6) is 0.403. The maximum absolute atomic E-state index is 11.0. The molecule has 0 aromatic rings. The first kappa shape index (κ1) is 12.6. The number of carbonyl (C=O) groups is 1. The van der Waals surface area contributed by atoms with E-state index in [2.05, 4.69) is 9.80 Å². The Labute approximate surface area is 92.2 Å². The van der Waals surface area contributed by atoms with E-state index < -0.39 is 0 Å². The van der Waals surface area contributed by atoms with Crippen LogP contribution in [-0.2, 0) is 9.53 Å². The van der Waals surface area contributed by atoms with Gasteiger partial charge in [-0.1, -0.05) is 0 Å². The highest BCUT2D eigenvalue weighted by Gasteiger charge is 2.15. The van der Waals surface area contributed by atoms with Crippen molar-refractivity contribution in [3.05, 3.63) is 0 Å². The number of hydrogen-bond acceptors (Lipinski definition) is 4. The van der Waals surface area contributed by atoms with Crippen LogP contribution in [0, 0.1) is 0 Å². The molecule has 0 unspecified atom stereocenters. The van der Waals surface area contributed by atoms with Gasteiger partial charge in [-0.15, -0.1) is 0 Å². The average molecular weight is 214 g/mol. The van der Waals surface area contributed by atoms with Gasteiger partial charge in [-0.05, 0) is 14.1 Å². The number of rotatable bonds is 6. The molecule has 1 aliphatic heterocycles. The second-order valence-electron chi connectivity index (χ2n) is 4.30. The number of likely N-dealkylation sites (tertiary alicyclic amines) is 1. The molecule has 1 fully saturated rings. The number of ether oxygens (including phenoxy) is 1. The fraction of sp³-hybridized carbons (Fsp3) is 0.909. The summed E-state index contributed by atoms with van der Waals surface area (Å²) in [6, 6.07) is 0. The molecule has 0 aromatic carbocycles. The fourth-order valence-corrected chi connectivity index (χ4v) is 1.57. The summed E-state index contributed by atoms with van der Waals surface area (Å²) in [5, 5.41) is 0. The first-order valence-corrected chi connectivity index (χ1v) is 5.65. The highest BCUT2D eigenvalue weighted by atomic mass is 16.5. The molecule has 15 heavy (non-hydrogen) atoms. The zero-order valence-electron chi connectivity index (χ0n) is 9.87. The van der Waals surface area contributed by atoms with Gasteiger partial charge in [0.05, 0.1) is 13.2 Å². The first-order chi connectivity index (χ1) is 7.18.